The molecule has 0 heterocycles. The molecule has 2 N–H and O–H groups in total. The lowest BCUT2D eigenvalue weighted by molar-refractivity contribution is 0.663. The topological polar surface area (TPSA) is 40.5 Å². The van der Waals surface area contributed by atoms with Crippen LogP contribution in [0.25, 0.3) is 0 Å². The van der Waals surface area contributed by atoms with Crippen LogP contribution < -0.4 is 0 Å². The van der Waals surface area contributed by atoms with Crippen molar-refractivity contribution in [3.8, 4) is 0 Å². The third kappa shape index (κ3) is 54.9. The van der Waals surface area contributed by atoms with Gasteiger partial charge in [0.15, 0.2) is 0 Å². The molecular weight excluding hydrogens is 105 g/mol. The summed E-state index contributed by atoms with van der Waals surface area (Å²) in [6.45, 7) is 0. The third-order valence-corrected chi connectivity index (χ3v) is 0. The number of rotatable bonds is 0. The van der Waals surface area contributed by atoms with Crippen LogP contribution in [0.3, 0.4) is 0 Å². The molecule has 2 atom stereocenters. The van der Waals surface area contributed by atoms with Crippen LogP contribution in [0.15, 0.2) is 0 Å². The van der Waals surface area contributed by atoms with E-state index in [1.807, 2.05) is 0 Å². The van der Waals surface area contributed by atoms with Gasteiger partial charge in [0.05, 0.1) is 8.41 Å². The minimum absolute atomic E-state index is 0. The Bertz CT molecular complexity index is 7.61. The molecule has 0 bridgehead atoms. The molecule has 0 saturated carbocycles. The normalized spacial score (nSPS) is 2.40. The highest BCUT2D eigenvalue weighted by Crippen LogP contribution is 1.44. The SMILES string of the molecule is B.OP.OP. The molecule has 0 aromatic heterocycles. The van der Waals surface area contributed by atoms with Crippen molar-refractivity contribution in [2.24, 2.45) is 0 Å². The van der Waals surface area contributed by atoms with E-state index in [4.69, 9.17) is 9.79 Å². The van der Waals surface area contributed by atoms with Crippen LogP contribution >= 0.6 is 18.9 Å². The zero-order chi connectivity index (χ0) is 4.00. The van der Waals surface area contributed by atoms with E-state index in [2.05, 4.69) is 0 Å². The van der Waals surface area contributed by atoms with Crippen LogP contribution in [0.2, 0.25) is 0 Å². The van der Waals surface area contributed by atoms with E-state index in [9.17, 15) is 0 Å². The molecule has 0 rings (SSSR count). The highest BCUT2D eigenvalue weighted by molar-refractivity contribution is 7.08. The van der Waals surface area contributed by atoms with Gasteiger partial charge in [0, 0.05) is 0 Å². The van der Waals surface area contributed by atoms with Gasteiger partial charge in [-0.25, -0.2) is 0 Å². The molecule has 5 heteroatoms. The maximum Gasteiger partial charge on any atom is 0.0814 e. The van der Waals surface area contributed by atoms with Gasteiger partial charge in [-0.3, -0.25) is 0 Å². The average molecular weight is 114 g/mol. The van der Waals surface area contributed by atoms with E-state index in [0.717, 1.165) is 0 Å². The van der Waals surface area contributed by atoms with Crippen LogP contribution in [0, 0.1) is 0 Å². The van der Waals surface area contributed by atoms with E-state index in [0.29, 0.717) is 0 Å². The molecule has 0 aliphatic carbocycles. The van der Waals surface area contributed by atoms with Crippen molar-refractivity contribution in [3.05, 3.63) is 0 Å². The second kappa shape index (κ2) is 100. The second-order valence-corrected chi connectivity index (χ2v) is 0. The maximum absolute atomic E-state index is 6.92. The van der Waals surface area contributed by atoms with Gasteiger partial charge in [-0.15, -0.1) is 0 Å². The van der Waals surface area contributed by atoms with Gasteiger partial charge in [-0.1, -0.05) is 0 Å². The zero-order valence-electron chi connectivity index (χ0n) is 2.05. The van der Waals surface area contributed by atoms with Crippen LogP contribution in [-0.2, 0) is 0 Å². The molecule has 2 unspecified atom stereocenters. The molecule has 0 aromatic carbocycles. The second-order valence-electron chi connectivity index (χ2n) is 0. The Kier molecular flexibility index (Phi) is 340. The first-order valence-corrected chi connectivity index (χ1v) is 1.55. The Balaban J connectivity index is -0.0000000133. The Hall–Kier alpha value is 0.845. The van der Waals surface area contributed by atoms with Crippen LogP contribution in [-0.4, -0.2) is 18.2 Å². The highest BCUT2D eigenvalue weighted by atomic mass is 31.0. The van der Waals surface area contributed by atoms with Crippen LogP contribution in [0.1, 0.15) is 0 Å². The molecule has 0 aliphatic heterocycles. The van der Waals surface area contributed by atoms with E-state index < -0.39 is 0 Å². The van der Waals surface area contributed by atoms with Crippen molar-refractivity contribution in [1.82, 2.24) is 0 Å². The number of hydrogen-bond donors (Lipinski definition) is 2. The van der Waals surface area contributed by atoms with Gasteiger partial charge in [-0.2, -0.15) is 0 Å². The smallest absolute Gasteiger partial charge is 0.0814 e. The van der Waals surface area contributed by atoms with E-state index >= 15 is 0 Å². The van der Waals surface area contributed by atoms with Gasteiger partial charge in [0.25, 0.3) is 0 Å². The van der Waals surface area contributed by atoms with E-state index in [1.165, 1.54) is 18.9 Å². The number of hydrogen-bond acceptors (Lipinski definition) is 2. The molecule has 0 radical (unpaired) electrons. The van der Waals surface area contributed by atoms with Crippen molar-refractivity contribution in [1.29, 1.82) is 0 Å². The molecule has 0 spiro atoms. The summed E-state index contributed by atoms with van der Waals surface area (Å²) in [5, 5.41) is 0. The van der Waals surface area contributed by atoms with Gasteiger partial charge in [-0.05, 0) is 18.9 Å². The minimum Gasteiger partial charge on any atom is -0.380 e. The molecule has 2 nitrogen and oxygen atoms in total. The quantitative estimate of drug-likeness (QED) is 0.292. The summed E-state index contributed by atoms with van der Waals surface area (Å²) >= 11 is 0. The van der Waals surface area contributed by atoms with E-state index in [-0.39, 0.29) is 8.41 Å². The summed E-state index contributed by atoms with van der Waals surface area (Å²) in [6.07, 6.45) is 0. The molecule has 0 saturated heterocycles. The largest absolute Gasteiger partial charge is 0.380 e. The van der Waals surface area contributed by atoms with Gasteiger partial charge >= 0.3 is 0 Å². The molecule has 0 aromatic rings. The van der Waals surface area contributed by atoms with E-state index in [1.54, 1.807) is 0 Å². The van der Waals surface area contributed by atoms with Crippen LogP contribution in [0.4, 0.5) is 0 Å². The van der Waals surface area contributed by atoms with Crippen molar-refractivity contribution < 1.29 is 9.79 Å². The lowest BCUT2D eigenvalue weighted by atomic mass is 10.8. The summed E-state index contributed by atoms with van der Waals surface area (Å²) in [6, 6.07) is 0. The lowest BCUT2D eigenvalue weighted by Gasteiger charge is -1.21. The first-order valence-electron chi connectivity index (χ1n) is 0.516. The first kappa shape index (κ1) is 17.0. The van der Waals surface area contributed by atoms with Crippen molar-refractivity contribution in [2.75, 3.05) is 0 Å². The van der Waals surface area contributed by atoms with Crippen molar-refractivity contribution >= 4 is 27.3 Å². The highest BCUT2D eigenvalue weighted by Gasteiger charge is 0.827. The standard InChI is InChI=1S/BH3.2H3OP/c;2*1-2/h1H3;2*1H,2H2. The fourth-order valence-corrected chi connectivity index (χ4v) is 0. The zero-order valence-corrected chi connectivity index (χ0v) is 4.36. The Morgan fingerprint density at radius 3 is 0.800 bits per heavy atom. The molecule has 0 aliphatic rings. The fourth-order valence-electron chi connectivity index (χ4n) is 0. The summed E-state index contributed by atoms with van der Waals surface area (Å²) in [7, 11) is 2.83. The summed E-state index contributed by atoms with van der Waals surface area (Å²) in [4.78, 5) is 13.8. The monoisotopic (exact) mass is 114 g/mol. The average Bonchev–Trinajstić information content (AvgIpc) is 1.50. The Morgan fingerprint density at radius 2 is 0.800 bits per heavy atom. The van der Waals surface area contributed by atoms with Gasteiger partial charge in [0.2, 0.25) is 0 Å². The van der Waals surface area contributed by atoms with Gasteiger partial charge in [0.1, 0.15) is 0 Å². The predicted molar refractivity (Wildman–Crippen MR) is 33.8 cm³/mol. The Labute approximate surface area is 38.1 Å². The fraction of sp³-hybridized carbons (Fsp3) is 0. The molecule has 34 valence electrons. The lowest BCUT2D eigenvalue weighted by Crippen LogP contribution is -0.868. The molecule has 0 fully saturated rings. The molecular formula is H9BO2P2. The van der Waals surface area contributed by atoms with Crippen LogP contribution in [0.5, 0.6) is 0 Å². The molecule has 5 heavy (non-hydrogen) atoms. The first-order chi connectivity index (χ1) is 2.00. The van der Waals surface area contributed by atoms with Crippen molar-refractivity contribution in [3.63, 3.8) is 0 Å². The van der Waals surface area contributed by atoms with Gasteiger partial charge < -0.3 is 9.79 Å². The predicted octanol–water partition coefficient (Wildman–Crippen LogP) is -1.65. The Morgan fingerprint density at radius 1 is 0.800 bits per heavy atom. The molecule has 0 amide bonds. The summed E-state index contributed by atoms with van der Waals surface area (Å²) in [5.74, 6) is 0. The summed E-state index contributed by atoms with van der Waals surface area (Å²) in [5.41, 5.74) is 0. The maximum atomic E-state index is 6.92. The third-order valence-electron chi connectivity index (χ3n) is 0. The van der Waals surface area contributed by atoms with Crippen molar-refractivity contribution in [2.45, 2.75) is 0 Å². The minimum atomic E-state index is 0. The summed E-state index contributed by atoms with van der Waals surface area (Å²) < 4.78 is 0.